The van der Waals surface area contributed by atoms with Crippen LogP contribution in [0.5, 0.6) is 11.5 Å². The second kappa shape index (κ2) is 5.92. The molecule has 0 atom stereocenters. The van der Waals surface area contributed by atoms with Gasteiger partial charge in [-0.3, -0.25) is 0 Å². The van der Waals surface area contributed by atoms with Gasteiger partial charge in [-0.15, -0.1) is 0 Å². The van der Waals surface area contributed by atoms with Crippen molar-refractivity contribution in [2.24, 2.45) is 5.73 Å². The minimum absolute atomic E-state index is 0.205. The molecule has 108 valence electrons. The highest BCUT2D eigenvalue weighted by Crippen LogP contribution is 2.37. The zero-order valence-electron chi connectivity index (χ0n) is 12.1. The first-order valence-corrected chi connectivity index (χ1v) is 6.39. The van der Waals surface area contributed by atoms with Crippen LogP contribution in [0.1, 0.15) is 31.2 Å². The Balaban J connectivity index is 2.57. The van der Waals surface area contributed by atoms with Gasteiger partial charge in [-0.2, -0.15) is 4.98 Å². The van der Waals surface area contributed by atoms with Gasteiger partial charge in [-0.1, -0.05) is 19.0 Å². The molecule has 0 aliphatic heterocycles. The third kappa shape index (κ3) is 2.60. The van der Waals surface area contributed by atoms with Gasteiger partial charge in [-0.25, -0.2) is 0 Å². The minimum Gasteiger partial charge on any atom is -0.496 e. The van der Waals surface area contributed by atoms with Crippen molar-refractivity contribution in [1.82, 2.24) is 10.1 Å². The van der Waals surface area contributed by atoms with E-state index in [4.69, 9.17) is 19.7 Å². The summed E-state index contributed by atoms with van der Waals surface area (Å²) < 4.78 is 15.9. The van der Waals surface area contributed by atoms with Crippen LogP contribution in [0, 0.1) is 0 Å². The van der Waals surface area contributed by atoms with Crippen molar-refractivity contribution in [3.63, 3.8) is 0 Å². The average Bonchev–Trinajstić information content (AvgIpc) is 2.94. The first-order chi connectivity index (χ1) is 9.60. The number of ether oxygens (including phenoxy) is 2. The van der Waals surface area contributed by atoms with E-state index in [9.17, 15) is 0 Å². The second-order valence-electron chi connectivity index (χ2n) is 4.66. The molecule has 1 aromatic heterocycles. The maximum atomic E-state index is 5.48. The Morgan fingerprint density at radius 2 is 1.90 bits per heavy atom. The van der Waals surface area contributed by atoms with Crippen LogP contribution in [0.2, 0.25) is 0 Å². The molecule has 0 aliphatic carbocycles. The normalized spacial score (nSPS) is 10.9. The molecule has 2 rings (SSSR count). The zero-order chi connectivity index (χ0) is 14.7. The third-order valence-corrected chi connectivity index (χ3v) is 3.06. The lowest BCUT2D eigenvalue weighted by Gasteiger charge is -2.15. The van der Waals surface area contributed by atoms with Crippen molar-refractivity contribution < 1.29 is 14.0 Å². The summed E-state index contributed by atoms with van der Waals surface area (Å²) in [5, 5.41) is 3.91. The van der Waals surface area contributed by atoms with Crippen LogP contribution in [0.15, 0.2) is 16.7 Å². The van der Waals surface area contributed by atoms with Gasteiger partial charge >= 0.3 is 0 Å². The Kier molecular flexibility index (Phi) is 4.24. The van der Waals surface area contributed by atoms with Crippen molar-refractivity contribution >= 4 is 0 Å². The van der Waals surface area contributed by atoms with Gasteiger partial charge in [0.25, 0.3) is 0 Å². The number of benzene rings is 1. The molecule has 0 radical (unpaired) electrons. The number of hydrogen-bond acceptors (Lipinski definition) is 6. The Labute approximate surface area is 117 Å². The van der Waals surface area contributed by atoms with Crippen molar-refractivity contribution in [3.8, 4) is 22.9 Å². The van der Waals surface area contributed by atoms with E-state index < -0.39 is 0 Å². The van der Waals surface area contributed by atoms with Crippen molar-refractivity contribution in [2.45, 2.75) is 26.3 Å². The van der Waals surface area contributed by atoms with Crippen LogP contribution in [0.4, 0.5) is 0 Å². The third-order valence-electron chi connectivity index (χ3n) is 3.06. The van der Waals surface area contributed by atoms with Crippen molar-refractivity contribution in [2.75, 3.05) is 14.2 Å². The average molecular weight is 277 g/mol. The number of aromatic nitrogens is 2. The highest BCUT2D eigenvalue weighted by Gasteiger charge is 2.18. The smallest absolute Gasteiger partial charge is 0.240 e. The summed E-state index contributed by atoms with van der Waals surface area (Å²) >= 11 is 0. The van der Waals surface area contributed by atoms with Crippen LogP contribution in [-0.2, 0) is 6.54 Å². The van der Waals surface area contributed by atoms with Gasteiger partial charge in [-0.05, 0) is 18.1 Å². The Hall–Kier alpha value is -2.08. The van der Waals surface area contributed by atoms with Crippen LogP contribution in [0.25, 0.3) is 11.4 Å². The predicted octanol–water partition coefficient (Wildman–Crippen LogP) is 2.34. The monoisotopic (exact) mass is 277 g/mol. The van der Waals surface area contributed by atoms with Crippen molar-refractivity contribution in [1.29, 1.82) is 0 Å². The summed E-state index contributed by atoms with van der Waals surface area (Å²) in [5.74, 6) is 2.59. The summed E-state index contributed by atoms with van der Waals surface area (Å²) in [7, 11) is 3.25. The lowest BCUT2D eigenvalue weighted by atomic mass is 9.99. The molecule has 6 nitrogen and oxygen atoms in total. The molecule has 1 heterocycles. The summed E-state index contributed by atoms with van der Waals surface area (Å²) in [4.78, 5) is 4.22. The lowest BCUT2D eigenvalue weighted by Crippen LogP contribution is -1.99. The first kappa shape index (κ1) is 14.3. The first-order valence-electron chi connectivity index (χ1n) is 6.39. The molecular weight excluding hydrogens is 258 g/mol. The maximum absolute atomic E-state index is 5.48. The van der Waals surface area contributed by atoms with E-state index >= 15 is 0 Å². The summed E-state index contributed by atoms with van der Waals surface area (Å²) in [6.45, 7) is 4.40. The summed E-state index contributed by atoms with van der Waals surface area (Å²) in [6, 6.07) is 3.80. The molecule has 1 aromatic carbocycles. The van der Waals surface area contributed by atoms with Gasteiger partial charge in [0.2, 0.25) is 11.7 Å². The van der Waals surface area contributed by atoms with Crippen LogP contribution in [-0.4, -0.2) is 24.4 Å². The van der Waals surface area contributed by atoms with Crippen LogP contribution in [0.3, 0.4) is 0 Å². The van der Waals surface area contributed by atoms with E-state index in [0.29, 0.717) is 23.4 Å². The number of rotatable bonds is 5. The molecule has 6 heteroatoms. The van der Waals surface area contributed by atoms with Crippen LogP contribution < -0.4 is 15.2 Å². The van der Waals surface area contributed by atoms with Gasteiger partial charge in [0.15, 0.2) is 0 Å². The van der Waals surface area contributed by atoms with E-state index in [1.807, 2.05) is 12.1 Å². The molecule has 0 fully saturated rings. The van der Waals surface area contributed by atoms with E-state index in [1.165, 1.54) is 0 Å². The Morgan fingerprint density at radius 3 is 2.40 bits per heavy atom. The standard InChI is InChI=1S/C14H19N3O3/c1-8(2)9-5-12(19-4)10(6-11(9)18-3)14-16-13(7-15)20-17-14/h5-6,8H,7,15H2,1-4H3. The van der Waals surface area contributed by atoms with Gasteiger partial charge in [0.05, 0.1) is 26.3 Å². The highest BCUT2D eigenvalue weighted by atomic mass is 16.5. The summed E-state index contributed by atoms with van der Waals surface area (Å²) in [5.41, 5.74) is 7.26. The van der Waals surface area contributed by atoms with Gasteiger partial charge < -0.3 is 19.7 Å². The molecule has 0 amide bonds. The zero-order valence-corrected chi connectivity index (χ0v) is 12.1. The van der Waals surface area contributed by atoms with Gasteiger partial charge in [0.1, 0.15) is 11.5 Å². The SMILES string of the molecule is COc1cc(C(C)C)c(OC)cc1-c1noc(CN)n1. The molecule has 0 saturated carbocycles. The number of methoxy groups -OCH3 is 2. The molecule has 20 heavy (non-hydrogen) atoms. The van der Waals surface area contributed by atoms with Crippen LogP contribution >= 0.6 is 0 Å². The van der Waals surface area contributed by atoms with Crippen molar-refractivity contribution in [3.05, 3.63) is 23.6 Å². The largest absolute Gasteiger partial charge is 0.496 e. The number of hydrogen-bond donors (Lipinski definition) is 1. The lowest BCUT2D eigenvalue weighted by molar-refractivity contribution is 0.379. The quantitative estimate of drug-likeness (QED) is 0.903. The molecule has 2 aromatic rings. The molecule has 0 unspecified atom stereocenters. The van der Waals surface area contributed by atoms with E-state index in [2.05, 4.69) is 24.0 Å². The fraction of sp³-hybridized carbons (Fsp3) is 0.429. The Morgan fingerprint density at radius 1 is 1.20 bits per heavy atom. The Bertz CT molecular complexity index is 593. The highest BCUT2D eigenvalue weighted by molar-refractivity contribution is 5.68. The predicted molar refractivity (Wildman–Crippen MR) is 74.8 cm³/mol. The summed E-state index contributed by atoms with van der Waals surface area (Å²) in [6.07, 6.45) is 0. The fourth-order valence-electron chi connectivity index (χ4n) is 1.99. The fourth-order valence-corrected chi connectivity index (χ4v) is 1.99. The molecular formula is C14H19N3O3. The van der Waals surface area contributed by atoms with E-state index in [-0.39, 0.29) is 6.54 Å². The number of nitrogens with two attached hydrogens (primary N) is 1. The second-order valence-corrected chi connectivity index (χ2v) is 4.66. The number of nitrogens with zero attached hydrogens (tertiary/aromatic N) is 2. The molecule has 0 bridgehead atoms. The minimum atomic E-state index is 0.205. The molecule has 0 saturated heterocycles. The van der Waals surface area contributed by atoms with E-state index in [0.717, 1.165) is 16.9 Å². The molecule has 2 N–H and O–H groups in total. The maximum Gasteiger partial charge on any atom is 0.240 e. The molecule has 0 aliphatic rings. The topological polar surface area (TPSA) is 83.4 Å². The van der Waals surface area contributed by atoms with E-state index in [1.54, 1.807) is 14.2 Å². The molecule has 0 spiro atoms. The van der Waals surface area contributed by atoms with Gasteiger partial charge in [0, 0.05) is 5.56 Å².